The highest BCUT2D eigenvalue weighted by Gasteiger charge is 2.21. The van der Waals surface area contributed by atoms with Gasteiger partial charge in [-0.15, -0.1) is 10.2 Å². The van der Waals surface area contributed by atoms with Crippen LogP contribution < -0.4 is 10.0 Å². The fourth-order valence-electron chi connectivity index (χ4n) is 2.11. The van der Waals surface area contributed by atoms with Crippen LogP contribution >= 0.6 is 27.3 Å². The molecule has 0 radical (unpaired) electrons. The molecule has 2 aromatic carbocycles. The number of anilines is 2. The average Bonchev–Trinajstić information content (AvgIpc) is 3.04. The number of benzene rings is 2. The molecule has 26 heavy (non-hydrogen) atoms. The summed E-state index contributed by atoms with van der Waals surface area (Å²) >= 11 is 4.05. The number of aromatic nitrogens is 2. The molecule has 2 N–H and O–H groups in total. The minimum atomic E-state index is -3.90. The molecular weight excluding hydrogens is 440 g/mol. The maximum Gasteiger partial charge on any atom is 0.291 e. The second-order valence-corrected chi connectivity index (χ2v) is 9.01. The van der Waals surface area contributed by atoms with Gasteiger partial charge in [-0.1, -0.05) is 51.5 Å². The summed E-state index contributed by atoms with van der Waals surface area (Å²) in [4.78, 5) is 12.3. The molecular formula is C16H13BrN4O3S2. The molecule has 134 valence electrons. The first-order valence-corrected chi connectivity index (χ1v) is 10.4. The molecule has 7 nitrogen and oxygen atoms in total. The van der Waals surface area contributed by atoms with Crippen molar-refractivity contribution in [1.29, 1.82) is 0 Å². The first kappa shape index (κ1) is 18.5. The number of nitrogens with zero attached hydrogens (tertiary/aromatic N) is 2. The molecule has 3 aromatic rings. The zero-order chi connectivity index (χ0) is 18.7. The van der Waals surface area contributed by atoms with E-state index < -0.39 is 10.0 Å². The van der Waals surface area contributed by atoms with Gasteiger partial charge in [0, 0.05) is 10.0 Å². The zero-order valence-corrected chi connectivity index (χ0v) is 16.7. The Kier molecular flexibility index (Phi) is 5.35. The molecule has 0 unspecified atom stereocenters. The standard InChI is InChI=1S/C16H13BrN4O3S2/c1-10-5-2-3-8-13(10)14(22)18-15-19-20-16(25-15)26(23,24)21-12-7-4-6-11(17)9-12/h2-9,21H,1H3,(H,18,19,22). The van der Waals surface area contributed by atoms with Crippen LogP contribution in [0.1, 0.15) is 15.9 Å². The summed E-state index contributed by atoms with van der Waals surface area (Å²) in [5, 5.41) is 10.1. The number of aryl methyl sites for hydroxylation is 1. The second kappa shape index (κ2) is 7.52. The van der Waals surface area contributed by atoms with Crippen molar-refractivity contribution in [2.24, 2.45) is 0 Å². The summed E-state index contributed by atoms with van der Waals surface area (Å²) in [7, 11) is -3.90. The van der Waals surface area contributed by atoms with Crippen LogP contribution in [0.2, 0.25) is 0 Å². The SMILES string of the molecule is Cc1ccccc1C(=O)Nc1nnc(S(=O)(=O)Nc2cccc(Br)c2)s1. The maximum atomic E-state index is 12.4. The molecule has 1 heterocycles. The Balaban J connectivity index is 1.77. The van der Waals surface area contributed by atoms with E-state index in [4.69, 9.17) is 0 Å². The fourth-order valence-corrected chi connectivity index (χ4v) is 4.46. The number of hydrogen-bond donors (Lipinski definition) is 2. The van der Waals surface area contributed by atoms with Gasteiger partial charge in [-0.2, -0.15) is 8.42 Å². The smallest absolute Gasteiger partial charge is 0.291 e. The van der Waals surface area contributed by atoms with Crippen LogP contribution in [0.4, 0.5) is 10.8 Å². The van der Waals surface area contributed by atoms with E-state index in [0.717, 1.165) is 21.4 Å². The van der Waals surface area contributed by atoms with E-state index in [9.17, 15) is 13.2 Å². The van der Waals surface area contributed by atoms with Gasteiger partial charge >= 0.3 is 0 Å². The lowest BCUT2D eigenvalue weighted by Crippen LogP contribution is -2.13. The van der Waals surface area contributed by atoms with Crippen molar-refractivity contribution in [1.82, 2.24) is 10.2 Å². The van der Waals surface area contributed by atoms with Gasteiger partial charge in [-0.3, -0.25) is 14.8 Å². The van der Waals surface area contributed by atoms with E-state index in [-0.39, 0.29) is 15.4 Å². The predicted octanol–water partition coefficient (Wildman–Crippen LogP) is 3.66. The predicted molar refractivity (Wildman–Crippen MR) is 104 cm³/mol. The third kappa shape index (κ3) is 4.26. The van der Waals surface area contributed by atoms with E-state index in [1.54, 1.807) is 36.4 Å². The third-order valence-electron chi connectivity index (χ3n) is 3.32. The number of carbonyl (C=O) groups excluding carboxylic acids is 1. The lowest BCUT2D eigenvalue weighted by Gasteiger charge is -2.05. The molecule has 0 saturated carbocycles. The van der Waals surface area contributed by atoms with Crippen molar-refractivity contribution in [2.75, 3.05) is 10.0 Å². The van der Waals surface area contributed by atoms with Crippen LogP contribution in [-0.2, 0) is 10.0 Å². The Morgan fingerprint density at radius 3 is 2.62 bits per heavy atom. The molecule has 0 saturated heterocycles. The highest BCUT2D eigenvalue weighted by atomic mass is 79.9. The molecule has 0 bridgehead atoms. The highest BCUT2D eigenvalue weighted by Crippen LogP contribution is 2.24. The van der Waals surface area contributed by atoms with E-state index in [2.05, 4.69) is 36.2 Å². The van der Waals surface area contributed by atoms with Crippen LogP contribution in [-0.4, -0.2) is 24.5 Å². The van der Waals surface area contributed by atoms with Crippen LogP contribution in [0.5, 0.6) is 0 Å². The molecule has 0 spiro atoms. The van der Waals surface area contributed by atoms with Gasteiger partial charge in [0.2, 0.25) is 5.13 Å². The van der Waals surface area contributed by atoms with Gasteiger partial charge in [-0.25, -0.2) is 0 Å². The lowest BCUT2D eigenvalue weighted by atomic mass is 10.1. The summed E-state index contributed by atoms with van der Waals surface area (Å²) < 4.78 is 27.7. The molecule has 0 fully saturated rings. The Labute approximate surface area is 162 Å². The van der Waals surface area contributed by atoms with Crippen molar-refractivity contribution < 1.29 is 13.2 Å². The highest BCUT2D eigenvalue weighted by molar-refractivity contribution is 9.10. The van der Waals surface area contributed by atoms with Crippen LogP contribution in [0, 0.1) is 6.92 Å². The monoisotopic (exact) mass is 452 g/mol. The Hall–Kier alpha value is -2.30. The van der Waals surface area contributed by atoms with Crippen molar-refractivity contribution >= 4 is 54.0 Å². The number of amides is 1. The van der Waals surface area contributed by atoms with Gasteiger partial charge in [0.15, 0.2) is 0 Å². The summed E-state index contributed by atoms with van der Waals surface area (Å²) in [6.45, 7) is 1.81. The normalized spacial score (nSPS) is 11.2. The number of rotatable bonds is 5. The third-order valence-corrected chi connectivity index (χ3v) is 6.40. The minimum Gasteiger partial charge on any atom is -0.296 e. The molecule has 3 rings (SSSR count). The summed E-state index contributed by atoms with van der Waals surface area (Å²) in [6, 6.07) is 13.8. The van der Waals surface area contributed by atoms with E-state index in [1.807, 2.05) is 19.1 Å². The number of sulfonamides is 1. The van der Waals surface area contributed by atoms with Gasteiger partial charge in [-0.05, 0) is 36.8 Å². The van der Waals surface area contributed by atoms with E-state index in [1.165, 1.54) is 0 Å². The number of halogens is 1. The molecule has 10 heteroatoms. The van der Waals surface area contributed by atoms with Crippen molar-refractivity contribution in [3.8, 4) is 0 Å². The van der Waals surface area contributed by atoms with Gasteiger partial charge in [0.25, 0.3) is 20.3 Å². The van der Waals surface area contributed by atoms with Crippen LogP contribution in [0.3, 0.4) is 0 Å². The number of nitrogens with one attached hydrogen (secondary N) is 2. The lowest BCUT2D eigenvalue weighted by molar-refractivity contribution is 0.102. The largest absolute Gasteiger partial charge is 0.296 e. The fraction of sp³-hybridized carbons (Fsp3) is 0.0625. The van der Waals surface area contributed by atoms with Crippen LogP contribution in [0.15, 0.2) is 57.3 Å². The first-order chi connectivity index (χ1) is 12.3. The molecule has 0 aliphatic heterocycles. The molecule has 0 atom stereocenters. The van der Waals surface area contributed by atoms with Gasteiger partial charge in [0.1, 0.15) is 0 Å². The second-order valence-electron chi connectivity index (χ2n) is 5.26. The number of carbonyl (C=O) groups is 1. The van der Waals surface area contributed by atoms with Crippen molar-refractivity contribution in [2.45, 2.75) is 11.3 Å². The molecule has 0 aliphatic rings. The zero-order valence-electron chi connectivity index (χ0n) is 13.4. The van der Waals surface area contributed by atoms with E-state index in [0.29, 0.717) is 11.3 Å². The molecule has 1 amide bonds. The van der Waals surface area contributed by atoms with E-state index >= 15 is 0 Å². The topological polar surface area (TPSA) is 101 Å². The van der Waals surface area contributed by atoms with Crippen LogP contribution in [0.25, 0.3) is 0 Å². The first-order valence-electron chi connectivity index (χ1n) is 7.34. The summed E-state index contributed by atoms with van der Waals surface area (Å²) in [5.74, 6) is -0.372. The maximum absolute atomic E-state index is 12.4. The minimum absolute atomic E-state index is 0.105. The molecule has 1 aromatic heterocycles. The molecule has 0 aliphatic carbocycles. The average molecular weight is 453 g/mol. The van der Waals surface area contributed by atoms with Gasteiger partial charge < -0.3 is 0 Å². The van der Waals surface area contributed by atoms with Gasteiger partial charge in [0.05, 0.1) is 5.69 Å². The summed E-state index contributed by atoms with van der Waals surface area (Å²) in [6.07, 6.45) is 0. The quantitative estimate of drug-likeness (QED) is 0.575. The Morgan fingerprint density at radius 1 is 1.12 bits per heavy atom. The summed E-state index contributed by atoms with van der Waals surface area (Å²) in [5.41, 5.74) is 1.68. The van der Waals surface area contributed by atoms with Crippen molar-refractivity contribution in [3.63, 3.8) is 0 Å². The number of hydrogen-bond acceptors (Lipinski definition) is 6. The Morgan fingerprint density at radius 2 is 1.88 bits per heavy atom. The van der Waals surface area contributed by atoms with Crippen molar-refractivity contribution in [3.05, 3.63) is 64.1 Å². The Bertz CT molecular complexity index is 1070.